The Bertz CT molecular complexity index is 1150. The van der Waals surface area contributed by atoms with Crippen molar-refractivity contribution in [3.63, 3.8) is 0 Å². The zero-order valence-corrected chi connectivity index (χ0v) is 16.2. The molecule has 3 aromatic heterocycles. The van der Waals surface area contributed by atoms with Crippen molar-refractivity contribution in [1.29, 1.82) is 0 Å². The number of hydrogen-bond acceptors (Lipinski definition) is 5. The molecule has 8 heteroatoms. The van der Waals surface area contributed by atoms with E-state index in [1.165, 1.54) is 23.5 Å². The SMILES string of the molecule is CC(C)n1ncc2c(C(=O)N(N)c3ccccc3F)cc(-c3cccs3)nc21. The average Bonchev–Trinajstić information content (AvgIpc) is 3.36. The number of amides is 1. The maximum atomic E-state index is 14.1. The van der Waals surface area contributed by atoms with Gasteiger partial charge in [0.15, 0.2) is 5.65 Å². The smallest absolute Gasteiger partial charge is 0.267 e. The van der Waals surface area contributed by atoms with E-state index >= 15 is 0 Å². The quantitative estimate of drug-likeness (QED) is 0.316. The van der Waals surface area contributed by atoms with E-state index < -0.39 is 11.7 Å². The van der Waals surface area contributed by atoms with Crippen LogP contribution < -0.4 is 10.9 Å². The summed E-state index contributed by atoms with van der Waals surface area (Å²) in [6.07, 6.45) is 1.60. The summed E-state index contributed by atoms with van der Waals surface area (Å²) < 4.78 is 15.9. The fourth-order valence-corrected chi connectivity index (χ4v) is 3.70. The fraction of sp³-hybridized carbons (Fsp3) is 0.150. The fourth-order valence-electron chi connectivity index (χ4n) is 3.01. The van der Waals surface area contributed by atoms with E-state index in [9.17, 15) is 9.18 Å². The van der Waals surface area contributed by atoms with Crippen molar-refractivity contribution >= 4 is 34.0 Å². The van der Waals surface area contributed by atoms with Crippen LogP contribution in [0.3, 0.4) is 0 Å². The molecule has 0 atom stereocenters. The lowest BCUT2D eigenvalue weighted by molar-refractivity contribution is 0.0987. The molecule has 0 fully saturated rings. The van der Waals surface area contributed by atoms with Crippen molar-refractivity contribution in [2.45, 2.75) is 19.9 Å². The number of benzene rings is 1. The van der Waals surface area contributed by atoms with Gasteiger partial charge in [-0.1, -0.05) is 18.2 Å². The zero-order chi connectivity index (χ0) is 19.8. The molecule has 0 spiro atoms. The van der Waals surface area contributed by atoms with Crippen molar-refractivity contribution < 1.29 is 9.18 Å². The van der Waals surface area contributed by atoms with E-state index in [4.69, 9.17) is 10.8 Å². The van der Waals surface area contributed by atoms with E-state index in [1.807, 2.05) is 31.4 Å². The van der Waals surface area contributed by atoms with Gasteiger partial charge in [0.05, 0.1) is 33.4 Å². The van der Waals surface area contributed by atoms with Gasteiger partial charge in [-0.15, -0.1) is 11.3 Å². The number of halogens is 1. The highest BCUT2D eigenvalue weighted by atomic mass is 32.1. The first-order chi connectivity index (χ1) is 13.5. The standard InChI is InChI=1S/C20H18FN5OS/c1-12(2)26-19-14(11-23-26)13(10-16(24-19)18-8-5-9-28-18)20(27)25(22)17-7-4-3-6-15(17)21/h3-12H,22H2,1-2H3. The summed E-state index contributed by atoms with van der Waals surface area (Å²) in [4.78, 5) is 18.8. The van der Waals surface area contributed by atoms with Crippen molar-refractivity contribution in [2.24, 2.45) is 5.84 Å². The van der Waals surface area contributed by atoms with E-state index in [2.05, 4.69) is 5.10 Å². The van der Waals surface area contributed by atoms with Gasteiger partial charge in [-0.25, -0.2) is 24.9 Å². The number of fused-ring (bicyclic) bond motifs is 1. The van der Waals surface area contributed by atoms with Crippen LogP contribution in [0.4, 0.5) is 10.1 Å². The van der Waals surface area contributed by atoms with Gasteiger partial charge in [-0.05, 0) is 43.5 Å². The molecule has 4 rings (SSSR count). The van der Waals surface area contributed by atoms with Gasteiger partial charge in [0.2, 0.25) is 0 Å². The molecule has 0 aliphatic rings. The number of thiophene rings is 1. The molecular formula is C20H18FN5OS. The highest BCUT2D eigenvalue weighted by Crippen LogP contribution is 2.30. The van der Waals surface area contributed by atoms with Gasteiger partial charge in [0, 0.05) is 6.04 Å². The predicted octanol–water partition coefficient (Wildman–Crippen LogP) is 4.40. The lowest BCUT2D eigenvalue weighted by Gasteiger charge is -2.18. The average molecular weight is 395 g/mol. The Morgan fingerprint density at radius 3 is 2.71 bits per heavy atom. The topological polar surface area (TPSA) is 77.0 Å². The molecule has 0 unspecified atom stereocenters. The second-order valence-electron chi connectivity index (χ2n) is 6.58. The van der Waals surface area contributed by atoms with Gasteiger partial charge in [-0.2, -0.15) is 5.10 Å². The van der Waals surface area contributed by atoms with Gasteiger partial charge >= 0.3 is 0 Å². The third-order valence-electron chi connectivity index (χ3n) is 4.39. The van der Waals surface area contributed by atoms with E-state index in [1.54, 1.807) is 29.1 Å². The van der Waals surface area contributed by atoms with Gasteiger partial charge in [-0.3, -0.25) is 4.79 Å². The molecule has 0 saturated heterocycles. The number of carbonyl (C=O) groups is 1. The first kappa shape index (κ1) is 18.3. The molecule has 0 bridgehead atoms. The zero-order valence-electron chi connectivity index (χ0n) is 15.3. The van der Waals surface area contributed by atoms with Crippen LogP contribution in [-0.4, -0.2) is 20.7 Å². The number of nitrogens with two attached hydrogens (primary N) is 1. The summed E-state index contributed by atoms with van der Waals surface area (Å²) in [6.45, 7) is 3.98. The molecule has 0 aliphatic heterocycles. The summed E-state index contributed by atoms with van der Waals surface area (Å²) in [5.74, 6) is 4.90. The van der Waals surface area contributed by atoms with Gasteiger partial charge < -0.3 is 0 Å². The van der Waals surface area contributed by atoms with Gasteiger partial charge in [0.25, 0.3) is 5.91 Å². The molecule has 1 amide bonds. The first-order valence-electron chi connectivity index (χ1n) is 8.73. The Labute approximate surface area is 165 Å². The second kappa shape index (κ2) is 7.14. The lowest BCUT2D eigenvalue weighted by atomic mass is 10.1. The summed E-state index contributed by atoms with van der Waals surface area (Å²) in [6, 6.07) is 11.5. The number of anilines is 1. The Kier molecular flexibility index (Phi) is 4.66. The van der Waals surface area contributed by atoms with Crippen LogP contribution >= 0.6 is 11.3 Å². The third kappa shape index (κ3) is 3.06. The third-order valence-corrected chi connectivity index (χ3v) is 5.28. The minimum atomic E-state index is -0.569. The van der Waals surface area contributed by atoms with Gasteiger partial charge in [0.1, 0.15) is 5.82 Å². The van der Waals surface area contributed by atoms with Crippen LogP contribution in [0.15, 0.2) is 54.0 Å². The number of hydrazine groups is 1. The number of aromatic nitrogens is 3. The van der Waals surface area contributed by atoms with Crippen LogP contribution in [0.5, 0.6) is 0 Å². The summed E-state index contributed by atoms with van der Waals surface area (Å²) in [7, 11) is 0. The van der Waals surface area contributed by atoms with E-state index in [0.29, 0.717) is 22.3 Å². The van der Waals surface area contributed by atoms with Crippen molar-refractivity contribution in [3.05, 3.63) is 65.4 Å². The molecule has 28 heavy (non-hydrogen) atoms. The molecular weight excluding hydrogens is 377 g/mol. The second-order valence-corrected chi connectivity index (χ2v) is 7.53. The number of carbonyl (C=O) groups excluding carboxylic acids is 1. The normalized spacial score (nSPS) is 11.3. The summed E-state index contributed by atoms with van der Waals surface area (Å²) >= 11 is 1.52. The summed E-state index contributed by atoms with van der Waals surface area (Å²) in [5, 5.41) is 7.73. The van der Waals surface area contributed by atoms with E-state index in [0.717, 1.165) is 9.89 Å². The highest BCUT2D eigenvalue weighted by Gasteiger charge is 2.23. The van der Waals surface area contributed by atoms with Crippen LogP contribution in [0, 0.1) is 5.82 Å². The van der Waals surface area contributed by atoms with Crippen molar-refractivity contribution in [3.8, 4) is 10.6 Å². The van der Waals surface area contributed by atoms with E-state index in [-0.39, 0.29) is 11.7 Å². The van der Waals surface area contributed by atoms with Crippen LogP contribution in [0.25, 0.3) is 21.6 Å². The summed E-state index contributed by atoms with van der Waals surface area (Å²) in [5.41, 5.74) is 1.57. The maximum absolute atomic E-state index is 14.1. The highest BCUT2D eigenvalue weighted by molar-refractivity contribution is 7.13. The Hall–Kier alpha value is -3.10. The molecule has 0 aliphatic carbocycles. The minimum absolute atomic E-state index is 0.00591. The maximum Gasteiger partial charge on any atom is 0.273 e. The van der Waals surface area contributed by atoms with Crippen LogP contribution in [0.2, 0.25) is 0 Å². The number of para-hydroxylation sites is 1. The molecule has 0 radical (unpaired) electrons. The molecule has 0 saturated carbocycles. The Balaban J connectivity index is 1.90. The Morgan fingerprint density at radius 1 is 1.25 bits per heavy atom. The predicted molar refractivity (Wildman–Crippen MR) is 109 cm³/mol. The number of rotatable bonds is 4. The Morgan fingerprint density at radius 2 is 2.04 bits per heavy atom. The number of pyridine rings is 1. The first-order valence-corrected chi connectivity index (χ1v) is 9.61. The van der Waals surface area contributed by atoms with Crippen LogP contribution in [-0.2, 0) is 0 Å². The molecule has 1 aromatic carbocycles. The number of nitrogens with zero attached hydrogens (tertiary/aromatic N) is 4. The molecule has 6 nitrogen and oxygen atoms in total. The monoisotopic (exact) mass is 395 g/mol. The molecule has 142 valence electrons. The van der Waals surface area contributed by atoms with Crippen LogP contribution in [0.1, 0.15) is 30.2 Å². The van der Waals surface area contributed by atoms with Crippen molar-refractivity contribution in [2.75, 3.05) is 5.01 Å². The minimum Gasteiger partial charge on any atom is -0.267 e. The molecule has 2 N–H and O–H groups in total. The van der Waals surface area contributed by atoms with Crippen molar-refractivity contribution in [1.82, 2.24) is 14.8 Å². The number of hydrogen-bond donors (Lipinski definition) is 1. The lowest BCUT2D eigenvalue weighted by Crippen LogP contribution is -2.38. The largest absolute Gasteiger partial charge is 0.273 e. The molecule has 4 aromatic rings. The molecule has 3 heterocycles.